The molecule has 2 N–H and O–H groups in total. The van der Waals surface area contributed by atoms with Crippen molar-refractivity contribution in [3.8, 4) is 0 Å². The summed E-state index contributed by atoms with van der Waals surface area (Å²) in [4.78, 5) is 1.25. The first-order valence-electron chi connectivity index (χ1n) is 6.08. The Kier molecular flexibility index (Phi) is 6.03. The maximum Gasteiger partial charge on any atom is 0.0802 e. The summed E-state index contributed by atoms with van der Waals surface area (Å²) in [5, 5.41) is 19.1. The zero-order chi connectivity index (χ0) is 12.8. The lowest BCUT2D eigenvalue weighted by molar-refractivity contribution is 0.0215. The number of hydrogen-bond donors (Lipinski definition) is 2. The molecule has 3 unspecified atom stereocenters. The number of aliphatic hydroxyl groups is 2. The summed E-state index contributed by atoms with van der Waals surface area (Å²) in [6, 6.07) is 8.46. The Bertz CT molecular complexity index is 321. The molecule has 3 heteroatoms. The van der Waals surface area contributed by atoms with Crippen molar-refractivity contribution in [2.24, 2.45) is 0 Å². The van der Waals surface area contributed by atoms with E-state index in [0.29, 0.717) is 12.3 Å². The first kappa shape index (κ1) is 14.6. The molecule has 0 bridgehead atoms. The third kappa shape index (κ3) is 4.34. The molecule has 0 aromatic heterocycles. The molecule has 3 atom stereocenters. The Hall–Kier alpha value is -0.510. The van der Waals surface area contributed by atoms with Crippen molar-refractivity contribution in [3.63, 3.8) is 0 Å². The normalized spacial score (nSPS) is 16.5. The van der Waals surface area contributed by atoms with Gasteiger partial charge in [0.25, 0.3) is 0 Å². The van der Waals surface area contributed by atoms with Gasteiger partial charge in [-0.25, -0.2) is 0 Å². The van der Waals surface area contributed by atoms with Gasteiger partial charge in [0.2, 0.25) is 0 Å². The number of benzene rings is 1. The van der Waals surface area contributed by atoms with E-state index in [9.17, 15) is 10.2 Å². The number of rotatable bonds is 6. The highest BCUT2D eigenvalue weighted by molar-refractivity contribution is 7.98. The summed E-state index contributed by atoms with van der Waals surface area (Å²) >= 11 is 1.73. The summed E-state index contributed by atoms with van der Waals surface area (Å²) in [5.41, 5.74) is 1.24. The molecule has 0 amide bonds. The smallest absolute Gasteiger partial charge is 0.0802 e. The Labute approximate surface area is 108 Å². The van der Waals surface area contributed by atoms with Crippen LogP contribution in [0.15, 0.2) is 29.2 Å². The second kappa shape index (κ2) is 7.04. The van der Waals surface area contributed by atoms with Crippen LogP contribution in [0.1, 0.15) is 38.2 Å². The highest BCUT2D eigenvalue weighted by atomic mass is 32.2. The van der Waals surface area contributed by atoms with E-state index in [1.807, 2.05) is 0 Å². The standard InChI is InChI=1S/C14H22O2S/c1-4-11(9-14(16)10(2)15)12-5-7-13(17-3)8-6-12/h5-8,10-11,14-16H,4,9H2,1-3H3. The van der Waals surface area contributed by atoms with Gasteiger partial charge in [-0.3, -0.25) is 0 Å². The molecule has 1 aromatic carbocycles. The van der Waals surface area contributed by atoms with Crippen LogP contribution in [0.5, 0.6) is 0 Å². The van der Waals surface area contributed by atoms with Gasteiger partial charge >= 0.3 is 0 Å². The Morgan fingerprint density at radius 2 is 1.76 bits per heavy atom. The van der Waals surface area contributed by atoms with Crippen molar-refractivity contribution in [2.75, 3.05) is 6.26 Å². The van der Waals surface area contributed by atoms with Crippen LogP contribution in [-0.2, 0) is 0 Å². The van der Waals surface area contributed by atoms with Gasteiger partial charge in [0, 0.05) is 4.90 Å². The first-order chi connectivity index (χ1) is 8.08. The van der Waals surface area contributed by atoms with Gasteiger partial charge in [0.1, 0.15) is 0 Å². The minimum atomic E-state index is -0.658. The summed E-state index contributed by atoms with van der Waals surface area (Å²) in [6.07, 6.45) is 2.35. The fourth-order valence-corrected chi connectivity index (χ4v) is 2.31. The molecular weight excluding hydrogens is 232 g/mol. The fraction of sp³-hybridized carbons (Fsp3) is 0.571. The van der Waals surface area contributed by atoms with Crippen LogP contribution in [0.3, 0.4) is 0 Å². The van der Waals surface area contributed by atoms with Crippen molar-refractivity contribution < 1.29 is 10.2 Å². The number of thioether (sulfide) groups is 1. The summed E-state index contributed by atoms with van der Waals surface area (Å²) in [7, 11) is 0. The van der Waals surface area contributed by atoms with Crippen LogP contribution >= 0.6 is 11.8 Å². The lowest BCUT2D eigenvalue weighted by atomic mass is 9.90. The third-order valence-corrected chi connectivity index (χ3v) is 3.91. The van der Waals surface area contributed by atoms with Crippen LogP contribution in [0, 0.1) is 0 Å². The average Bonchev–Trinajstić information content (AvgIpc) is 2.35. The third-order valence-electron chi connectivity index (χ3n) is 3.16. The topological polar surface area (TPSA) is 40.5 Å². The monoisotopic (exact) mass is 254 g/mol. The molecule has 0 saturated heterocycles. The molecule has 0 heterocycles. The van der Waals surface area contributed by atoms with Gasteiger partial charge < -0.3 is 10.2 Å². The van der Waals surface area contributed by atoms with Gasteiger partial charge in [-0.15, -0.1) is 11.8 Å². The van der Waals surface area contributed by atoms with Crippen molar-refractivity contribution in [3.05, 3.63) is 29.8 Å². The minimum absolute atomic E-state index is 0.315. The molecule has 0 fully saturated rings. The molecule has 1 rings (SSSR count). The summed E-state index contributed by atoms with van der Waals surface area (Å²) in [5.74, 6) is 0.315. The predicted molar refractivity (Wildman–Crippen MR) is 73.6 cm³/mol. The molecule has 1 aromatic rings. The lowest BCUT2D eigenvalue weighted by Crippen LogP contribution is -2.24. The van der Waals surface area contributed by atoms with Gasteiger partial charge in [-0.05, 0) is 49.6 Å². The van der Waals surface area contributed by atoms with Crippen LogP contribution in [0.2, 0.25) is 0 Å². The molecule has 2 nitrogen and oxygen atoms in total. The van der Waals surface area contributed by atoms with E-state index >= 15 is 0 Å². The van der Waals surface area contributed by atoms with E-state index in [4.69, 9.17) is 0 Å². The van der Waals surface area contributed by atoms with E-state index in [1.54, 1.807) is 18.7 Å². The molecule has 0 aliphatic carbocycles. The molecule has 0 radical (unpaired) electrons. The van der Waals surface area contributed by atoms with E-state index < -0.39 is 12.2 Å². The van der Waals surface area contributed by atoms with E-state index in [2.05, 4.69) is 37.4 Å². The van der Waals surface area contributed by atoms with Crippen LogP contribution < -0.4 is 0 Å². The SMILES string of the molecule is CCC(CC(O)C(C)O)c1ccc(SC)cc1. The average molecular weight is 254 g/mol. The maximum absolute atomic E-state index is 9.74. The molecule has 0 saturated carbocycles. The number of hydrogen-bond acceptors (Lipinski definition) is 3. The zero-order valence-electron chi connectivity index (χ0n) is 10.8. The van der Waals surface area contributed by atoms with Gasteiger partial charge in [-0.2, -0.15) is 0 Å². The number of aliphatic hydroxyl groups excluding tert-OH is 2. The summed E-state index contributed by atoms with van der Waals surface area (Å²) < 4.78 is 0. The van der Waals surface area contributed by atoms with E-state index in [-0.39, 0.29) is 0 Å². The molecular formula is C14H22O2S. The zero-order valence-corrected chi connectivity index (χ0v) is 11.6. The Morgan fingerprint density at radius 1 is 1.18 bits per heavy atom. The quantitative estimate of drug-likeness (QED) is 0.767. The van der Waals surface area contributed by atoms with E-state index in [1.165, 1.54) is 10.5 Å². The molecule has 0 aliphatic heterocycles. The van der Waals surface area contributed by atoms with Crippen molar-refractivity contribution in [2.45, 2.75) is 49.7 Å². The predicted octanol–water partition coefficient (Wildman–Crippen LogP) is 3.03. The van der Waals surface area contributed by atoms with Gasteiger partial charge in [-0.1, -0.05) is 19.1 Å². The van der Waals surface area contributed by atoms with Gasteiger partial charge in [0.05, 0.1) is 12.2 Å². The second-order valence-corrected chi connectivity index (χ2v) is 5.30. The highest BCUT2D eigenvalue weighted by Gasteiger charge is 2.18. The minimum Gasteiger partial charge on any atom is -0.391 e. The van der Waals surface area contributed by atoms with Crippen LogP contribution in [0.4, 0.5) is 0 Å². The van der Waals surface area contributed by atoms with Crippen molar-refractivity contribution in [1.82, 2.24) is 0 Å². The van der Waals surface area contributed by atoms with Crippen molar-refractivity contribution >= 4 is 11.8 Å². The Morgan fingerprint density at radius 3 is 2.18 bits per heavy atom. The van der Waals surface area contributed by atoms with Crippen LogP contribution in [-0.4, -0.2) is 28.7 Å². The molecule has 0 aliphatic rings. The van der Waals surface area contributed by atoms with Crippen LogP contribution in [0.25, 0.3) is 0 Å². The lowest BCUT2D eigenvalue weighted by Gasteiger charge is -2.21. The van der Waals surface area contributed by atoms with Crippen molar-refractivity contribution in [1.29, 1.82) is 0 Å². The molecule has 17 heavy (non-hydrogen) atoms. The van der Waals surface area contributed by atoms with E-state index in [0.717, 1.165) is 6.42 Å². The summed E-state index contributed by atoms with van der Waals surface area (Å²) in [6.45, 7) is 3.75. The van der Waals surface area contributed by atoms with Gasteiger partial charge in [0.15, 0.2) is 0 Å². The Balaban J connectivity index is 2.72. The fourth-order valence-electron chi connectivity index (χ4n) is 1.90. The molecule has 0 spiro atoms. The second-order valence-electron chi connectivity index (χ2n) is 4.42. The maximum atomic E-state index is 9.74. The first-order valence-corrected chi connectivity index (χ1v) is 7.31. The molecule has 96 valence electrons. The largest absolute Gasteiger partial charge is 0.391 e. The highest BCUT2D eigenvalue weighted by Crippen LogP contribution is 2.27.